The molecule has 206 valence electrons. The predicted octanol–water partition coefficient (Wildman–Crippen LogP) is 13.4. The van der Waals surface area contributed by atoms with Gasteiger partial charge in [0.05, 0.1) is 0 Å². The van der Waals surface area contributed by atoms with Crippen LogP contribution in [0.15, 0.2) is 0 Å². The molecule has 0 saturated carbocycles. The van der Waals surface area contributed by atoms with Gasteiger partial charge in [-0.05, 0) is 5.92 Å². The van der Waals surface area contributed by atoms with E-state index in [-0.39, 0.29) is 0 Å². The third kappa shape index (κ3) is 30.0. The van der Waals surface area contributed by atoms with E-state index in [4.69, 9.17) is 0 Å². The Bertz CT molecular complexity index is 333. The maximum absolute atomic E-state index is 2.50. The van der Waals surface area contributed by atoms with E-state index in [1.165, 1.54) is 193 Å². The fraction of sp³-hybridized carbons (Fsp3) is 1.00. The fourth-order valence-corrected chi connectivity index (χ4v) is 5.52. The molecule has 0 heteroatoms. The number of unbranched alkanes of at least 4 members (excludes halogenated alkanes) is 26. The normalized spacial score (nSPS) is 12.4. The van der Waals surface area contributed by atoms with Crippen LogP contribution in [0.5, 0.6) is 0 Å². The van der Waals surface area contributed by atoms with E-state index in [0.29, 0.717) is 0 Å². The molecule has 34 heavy (non-hydrogen) atoms. The molecule has 0 rings (SSSR count). The minimum absolute atomic E-state index is 0.968. The highest BCUT2D eigenvalue weighted by Crippen LogP contribution is 2.19. The van der Waals surface area contributed by atoms with Crippen molar-refractivity contribution in [3.63, 3.8) is 0 Å². The van der Waals surface area contributed by atoms with Crippen molar-refractivity contribution in [1.29, 1.82) is 0 Å². The first-order valence-electron chi connectivity index (χ1n) is 16.8. The van der Waals surface area contributed by atoms with Crippen molar-refractivity contribution in [3.8, 4) is 0 Å². The molecule has 0 aromatic rings. The van der Waals surface area contributed by atoms with Gasteiger partial charge in [0, 0.05) is 0 Å². The van der Waals surface area contributed by atoms with Gasteiger partial charge in [-0.3, -0.25) is 0 Å². The number of hydrogen-bond acceptors (Lipinski definition) is 0. The zero-order chi connectivity index (χ0) is 24.8. The average molecular weight is 479 g/mol. The van der Waals surface area contributed by atoms with E-state index in [2.05, 4.69) is 20.8 Å². The summed E-state index contributed by atoms with van der Waals surface area (Å²) in [5.74, 6) is 0.968. The number of hydrogen-bond donors (Lipinski definition) is 0. The molecule has 0 aliphatic heterocycles. The van der Waals surface area contributed by atoms with E-state index >= 15 is 0 Å². The van der Waals surface area contributed by atoms with Gasteiger partial charge in [-0.1, -0.05) is 213 Å². The second-order valence-corrected chi connectivity index (χ2v) is 11.9. The van der Waals surface area contributed by atoms with Crippen LogP contribution in [-0.2, 0) is 0 Å². The van der Waals surface area contributed by atoms with Crippen molar-refractivity contribution in [2.75, 3.05) is 0 Å². The first kappa shape index (κ1) is 34.0. The van der Waals surface area contributed by atoms with Crippen LogP contribution in [0.2, 0.25) is 0 Å². The fourth-order valence-electron chi connectivity index (χ4n) is 5.52. The Hall–Kier alpha value is 0. The first-order valence-corrected chi connectivity index (χ1v) is 16.8. The van der Waals surface area contributed by atoms with Gasteiger partial charge in [-0.25, -0.2) is 0 Å². The molecule has 0 aromatic carbocycles. The van der Waals surface area contributed by atoms with E-state index in [1.54, 1.807) is 0 Å². The maximum atomic E-state index is 2.50. The third-order valence-electron chi connectivity index (χ3n) is 8.10. The second kappa shape index (κ2) is 31.0. The first-order chi connectivity index (χ1) is 16.8. The lowest BCUT2D eigenvalue weighted by molar-refractivity contribution is 0.429. The largest absolute Gasteiger partial charge is 0.0654 e. The molecule has 1 atom stereocenters. The summed E-state index contributed by atoms with van der Waals surface area (Å²) in [5, 5.41) is 0. The molecule has 0 saturated heterocycles. The van der Waals surface area contributed by atoms with Crippen LogP contribution in [0.3, 0.4) is 0 Å². The minimum atomic E-state index is 0.968. The van der Waals surface area contributed by atoms with Crippen molar-refractivity contribution in [2.24, 2.45) is 5.92 Å². The van der Waals surface area contributed by atoms with Gasteiger partial charge in [-0.2, -0.15) is 0 Å². The summed E-state index contributed by atoms with van der Waals surface area (Å²) < 4.78 is 0. The standard InChI is InChI=1S/C34H70/c1-4-6-8-10-12-14-16-17-18-19-20-21-23-25-27-29-31-33-34(3)32-30-28-26-24-22-15-13-11-9-7-5-2/h34H,4-33H2,1-3H3. The van der Waals surface area contributed by atoms with E-state index in [0.717, 1.165) is 5.92 Å². The monoisotopic (exact) mass is 479 g/mol. The SMILES string of the molecule is CCCCCCCCCCCCCCCCCCCC(C)CCCCCCCCCCCCC. The Balaban J connectivity index is 3.12. The summed E-state index contributed by atoms with van der Waals surface area (Å²) in [6.07, 6.45) is 44.2. The van der Waals surface area contributed by atoms with Crippen LogP contribution in [0, 0.1) is 5.92 Å². The van der Waals surface area contributed by atoms with Gasteiger partial charge < -0.3 is 0 Å². The third-order valence-corrected chi connectivity index (χ3v) is 8.10. The molecule has 0 heterocycles. The molecule has 0 aliphatic rings. The Morgan fingerprint density at radius 2 is 0.441 bits per heavy atom. The summed E-state index contributed by atoms with van der Waals surface area (Å²) >= 11 is 0. The quantitative estimate of drug-likeness (QED) is 0.0900. The van der Waals surface area contributed by atoms with Gasteiger partial charge in [0.2, 0.25) is 0 Å². The lowest BCUT2D eigenvalue weighted by Crippen LogP contribution is -1.95. The molecule has 0 N–H and O–H groups in total. The molecule has 0 aliphatic carbocycles. The van der Waals surface area contributed by atoms with Crippen LogP contribution >= 0.6 is 0 Å². The Morgan fingerprint density at radius 1 is 0.265 bits per heavy atom. The average Bonchev–Trinajstić information content (AvgIpc) is 2.84. The highest BCUT2D eigenvalue weighted by atomic mass is 14.1. The Morgan fingerprint density at radius 3 is 0.647 bits per heavy atom. The molecule has 0 radical (unpaired) electrons. The molecule has 0 aromatic heterocycles. The van der Waals surface area contributed by atoms with Gasteiger partial charge in [0.25, 0.3) is 0 Å². The van der Waals surface area contributed by atoms with Crippen molar-refractivity contribution in [2.45, 2.75) is 213 Å². The topological polar surface area (TPSA) is 0 Å². The van der Waals surface area contributed by atoms with Crippen molar-refractivity contribution in [3.05, 3.63) is 0 Å². The molecule has 0 fully saturated rings. The van der Waals surface area contributed by atoms with Gasteiger partial charge >= 0.3 is 0 Å². The molecular weight excluding hydrogens is 408 g/mol. The van der Waals surface area contributed by atoms with Crippen molar-refractivity contribution in [1.82, 2.24) is 0 Å². The van der Waals surface area contributed by atoms with Crippen LogP contribution in [0.4, 0.5) is 0 Å². The summed E-state index contributed by atoms with van der Waals surface area (Å²) in [6, 6.07) is 0. The lowest BCUT2D eigenvalue weighted by Gasteiger charge is -2.11. The van der Waals surface area contributed by atoms with Crippen molar-refractivity contribution >= 4 is 0 Å². The Kier molecular flexibility index (Phi) is 31.0. The van der Waals surface area contributed by atoms with Gasteiger partial charge in [-0.15, -0.1) is 0 Å². The zero-order valence-electron chi connectivity index (χ0n) is 24.8. The van der Waals surface area contributed by atoms with Gasteiger partial charge in [0.15, 0.2) is 0 Å². The molecule has 0 spiro atoms. The minimum Gasteiger partial charge on any atom is -0.0654 e. The van der Waals surface area contributed by atoms with Crippen molar-refractivity contribution < 1.29 is 0 Å². The summed E-state index contributed by atoms with van der Waals surface area (Å²) in [5.41, 5.74) is 0. The maximum Gasteiger partial charge on any atom is -0.0443 e. The van der Waals surface area contributed by atoms with E-state index < -0.39 is 0 Å². The highest BCUT2D eigenvalue weighted by molar-refractivity contribution is 4.56. The molecule has 0 bridgehead atoms. The Labute approximate surface area is 219 Å². The lowest BCUT2D eigenvalue weighted by atomic mass is 9.95. The molecule has 0 amide bonds. The second-order valence-electron chi connectivity index (χ2n) is 11.9. The molecule has 0 nitrogen and oxygen atoms in total. The zero-order valence-corrected chi connectivity index (χ0v) is 24.8. The van der Waals surface area contributed by atoms with E-state index in [1.807, 2.05) is 0 Å². The predicted molar refractivity (Wildman–Crippen MR) is 159 cm³/mol. The molecular formula is C34H70. The van der Waals surface area contributed by atoms with Crippen LogP contribution in [-0.4, -0.2) is 0 Å². The smallest absolute Gasteiger partial charge is 0.0443 e. The number of rotatable bonds is 30. The van der Waals surface area contributed by atoms with E-state index in [9.17, 15) is 0 Å². The summed E-state index contributed by atoms with van der Waals surface area (Å²) in [4.78, 5) is 0. The highest BCUT2D eigenvalue weighted by Gasteiger charge is 2.02. The van der Waals surface area contributed by atoms with Gasteiger partial charge in [0.1, 0.15) is 0 Å². The summed E-state index contributed by atoms with van der Waals surface area (Å²) in [7, 11) is 0. The van der Waals surface area contributed by atoms with Crippen LogP contribution in [0.25, 0.3) is 0 Å². The molecule has 1 unspecified atom stereocenters. The van der Waals surface area contributed by atoms with Crippen LogP contribution < -0.4 is 0 Å². The summed E-state index contributed by atoms with van der Waals surface area (Å²) in [6.45, 7) is 7.12. The van der Waals surface area contributed by atoms with Crippen LogP contribution in [0.1, 0.15) is 213 Å².